The maximum atomic E-state index is 2.53. The number of para-hydroxylation sites is 3. The highest BCUT2D eigenvalue weighted by Crippen LogP contribution is 2.49. The van der Waals surface area contributed by atoms with Gasteiger partial charge in [-0.1, -0.05) is 92.7 Å². The average Bonchev–Trinajstić information content (AvgIpc) is 3.88. The summed E-state index contributed by atoms with van der Waals surface area (Å²) >= 11 is 0. The van der Waals surface area contributed by atoms with E-state index in [1.807, 2.05) is 0 Å². The molecule has 0 fully saturated rings. The zero-order valence-electron chi connectivity index (χ0n) is 29.1. The number of hydrogen-bond acceptors (Lipinski definition) is 2. The lowest BCUT2D eigenvalue weighted by Gasteiger charge is -2.27. The number of aromatic nitrogens is 2. The van der Waals surface area contributed by atoms with Crippen molar-refractivity contribution in [3.05, 3.63) is 145 Å². The van der Waals surface area contributed by atoms with Gasteiger partial charge in [-0.15, -0.1) is 0 Å². The van der Waals surface area contributed by atoms with Crippen molar-refractivity contribution in [1.82, 2.24) is 8.80 Å². The monoisotopic (exact) mass is 656 g/mol. The Bertz CT molecular complexity index is 3130. The molecule has 0 aliphatic carbocycles. The summed E-state index contributed by atoms with van der Waals surface area (Å²) in [7, 11) is 4.29. The Morgan fingerprint density at radius 2 is 0.922 bits per heavy atom. The summed E-state index contributed by atoms with van der Waals surface area (Å²) in [6.45, 7) is 4.51. The third kappa shape index (κ3) is 3.69. The van der Waals surface area contributed by atoms with Crippen molar-refractivity contribution < 1.29 is 0 Å². The summed E-state index contributed by atoms with van der Waals surface area (Å²) < 4.78 is 5.04. The number of fused-ring (bicyclic) bond motifs is 12. The molecule has 0 aliphatic heterocycles. The third-order valence-electron chi connectivity index (χ3n) is 11.3. The molecule has 4 heteroatoms. The molecule has 4 nitrogen and oxygen atoms in total. The first kappa shape index (κ1) is 28.6. The lowest BCUT2D eigenvalue weighted by Crippen LogP contribution is -2.10. The van der Waals surface area contributed by atoms with Gasteiger partial charge in [0.25, 0.3) is 0 Å². The van der Waals surface area contributed by atoms with Gasteiger partial charge in [-0.05, 0) is 72.1 Å². The molecule has 0 unspecified atom stereocenters. The molecule has 0 aliphatic rings. The second-order valence-electron chi connectivity index (χ2n) is 14.6. The van der Waals surface area contributed by atoms with Gasteiger partial charge in [0.15, 0.2) is 0 Å². The molecular weight excluding hydrogens is 621 g/mol. The topological polar surface area (TPSA) is 15.3 Å². The van der Waals surface area contributed by atoms with E-state index < -0.39 is 0 Å². The first-order valence-electron chi connectivity index (χ1n) is 17.9. The fraction of sp³-hybridized carbons (Fsp3) is 0.106. The minimum Gasteiger partial charge on any atom is -0.377 e. The van der Waals surface area contributed by atoms with E-state index >= 15 is 0 Å². The highest BCUT2D eigenvalue weighted by molar-refractivity contribution is 6.31. The molecule has 0 radical (unpaired) electrons. The van der Waals surface area contributed by atoms with E-state index in [4.69, 9.17) is 0 Å². The molecule has 0 spiro atoms. The van der Waals surface area contributed by atoms with Crippen molar-refractivity contribution in [1.29, 1.82) is 0 Å². The summed E-state index contributed by atoms with van der Waals surface area (Å²) in [5, 5.41) is 10.3. The average molecular weight is 657 g/mol. The Kier molecular flexibility index (Phi) is 5.68. The zero-order chi connectivity index (χ0) is 34.1. The van der Waals surface area contributed by atoms with E-state index in [0.29, 0.717) is 5.92 Å². The first-order chi connectivity index (χ1) is 25.0. The first-order valence-corrected chi connectivity index (χ1v) is 17.9. The number of rotatable bonds is 5. The van der Waals surface area contributed by atoms with E-state index in [9.17, 15) is 0 Å². The molecule has 4 heterocycles. The van der Waals surface area contributed by atoms with Crippen molar-refractivity contribution in [2.24, 2.45) is 0 Å². The van der Waals surface area contributed by atoms with Crippen LogP contribution in [0.1, 0.15) is 25.3 Å². The number of nitrogens with zero attached hydrogens (tertiary/aromatic N) is 4. The summed E-state index contributed by atoms with van der Waals surface area (Å²) in [6.07, 6.45) is 0. The molecule has 7 aromatic carbocycles. The summed E-state index contributed by atoms with van der Waals surface area (Å²) in [5.74, 6) is 0.477. The van der Waals surface area contributed by atoms with Gasteiger partial charge in [-0.2, -0.15) is 0 Å². The number of hydrogen-bond donors (Lipinski definition) is 0. The standard InChI is InChI=1S/C47H36N4/c1-28(2)29-18-20-31(21-19-29)49(30-12-6-5-7-13-30)41-25-23-33-37-27-42-36(26-43(37)51-39-17-11-9-15-35(39)45(41)47(33)51)32-22-24-40(48(3)4)44-34-14-8-10-16-38(34)50(42)46(32)44/h5-28H,1-4H3. The largest absolute Gasteiger partial charge is 0.377 e. The minimum absolute atomic E-state index is 0.477. The molecule has 0 atom stereocenters. The van der Waals surface area contributed by atoms with Crippen LogP contribution in [0.25, 0.3) is 76.2 Å². The van der Waals surface area contributed by atoms with E-state index in [-0.39, 0.29) is 0 Å². The fourth-order valence-electron chi connectivity index (χ4n) is 9.04. The van der Waals surface area contributed by atoms with Gasteiger partial charge in [0.1, 0.15) is 0 Å². The highest BCUT2D eigenvalue weighted by Gasteiger charge is 2.26. The van der Waals surface area contributed by atoms with Gasteiger partial charge in [0.05, 0.1) is 38.8 Å². The molecule has 4 aromatic heterocycles. The summed E-state index contributed by atoms with van der Waals surface area (Å²) in [6, 6.07) is 52.0. The normalized spacial score (nSPS) is 12.5. The fourth-order valence-corrected chi connectivity index (χ4v) is 9.04. The van der Waals surface area contributed by atoms with Crippen molar-refractivity contribution in [3.8, 4) is 0 Å². The quantitative estimate of drug-likeness (QED) is 0.183. The van der Waals surface area contributed by atoms with Crippen LogP contribution in [0.4, 0.5) is 22.7 Å². The molecular formula is C47H36N4. The third-order valence-corrected chi connectivity index (χ3v) is 11.3. The SMILES string of the molecule is CC(C)c1ccc(N(c2ccccc2)c2ccc3c4cc5c(cc4n4c6ccccc6c2c34)c2ccc(N(C)C)c3c4ccccc4n5c23)cc1. The van der Waals surface area contributed by atoms with Crippen LogP contribution in [-0.2, 0) is 0 Å². The predicted octanol–water partition coefficient (Wildman–Crippen LogP) is 12.6. The second kappa shape index (κ2) is 10.1. The lowest BCUT2D eigenvalue weighted by molar-refractivity contribution is 0.866. The summed E-state index contributed by atoms with van der Waals surface area (Å²) in [5.41, 5.74) is 13.7. The smallest absolute Gasteiger partial charge is 0.0641 e. The van der Waals surface area contributed by atoms with Crippen LogP contribution in [-0.4, -0.2) is 22.9 Å². The second-order valence-corrected chi connectivity index (χ2v) is 14.6. The van der Waals surface area contributed by atoms with E-state index in [0.717, 1.165) is 11.4 Å². The van der Waals surface area contributed by atoms with Crippen LogP contribution in [0.2, 0.25) is 0 Å². The Hall–Kier alpha value is -6.26. The van der Waals surface area contributed by atoms with Crippen molar-refractivity contribution in [3.63, 3.8) is 0 Å². The lowest BCUT2D eigenvalue weighted by atomic mass is 10.0. The molecule has 11 rings (SSSR count). The molecule has 0 saturated carbocycles. The molecule has 0 amide bonds. The van der Waals surface area contributed by atoms with Gasteiger partial charge < -0.3 is 18.6 Å². The molecule has 51 heavy (non-hydrogen) atoms. The van der Waals surface area contributed by atoms with E-state index in [2.05, 4.69) is 186 Å². The van der Waals surface area contributed by atoms with E-state index in [1.165, 1.54) is 93.1 Å². The molecule has 0 N–H and O–H groups in total. The van der Waals surface area contributed by atoms with Crippen molar-refractivity contribution in [2.45, 2.75) is 19.8 Å². The number of benzene rings is 7. The van der Waals surface area contributed by atoms with Crippen LogP contribution in [0.15, 0.2) is 140 Å². The Morgan fingerprint density at radius 3 is 1.47 bits per heavy atom. The van der Waals surface area contributed by atoms with Gasteiger partial charge in [-0.3, -0.25) is 0 Å². The van der Waals surface area contributed by atoms with E-state index in [1.54, 1.807) is 0 Å². The van der Waals surface area contributed by atoms with Gasteiger partial charge in [-0.25, -0.2) is 0 Å². The Labute approximate surface area is 295 Å². The minimum atomic E-state index is 0.477. The van der Waals surface area contributed by atoms with Crippen LogP contribution in [0, 0.1) is 0 Å². The highest BCUT2D eigenvalue weighted by atomic mass is 15.1. The maximum Gasteiger partial charge on any atom is 0.0641 e. The number of anilines is 4. The maximum absolute atomic E-state index is 2.53. The molecule has 0 bridgehead atoms. The molecule has 0 saturated heterocycles. The zero-order valence-corrected chi connectivity index (χ0v) is 29.1. The molecule has 11 aromatic rings. The van der Waals surface area contributed by atoms with Crippen LogP contribution < -0.4 is 9.80 Å². The van der Waals surface area contributed by atoms with Gasteiger partial charge >= 0.3 is 0 Å². The Morgan fingerprint density at radius 1 is 0.431 bits per heavy atom. The van der Waals surface area contributed by atoms with Crippen LogP contribution in [0.5, 0.6) is 0 Å². The van der Waals surface area contributed by atoms with Crippen molar-refractivity contribution in [2.75, 3.05) is 23.9 Å². The summed E-state index contributed by atoms with van der Waals surface area (Å²) in [4.78, 5) is 4.68. The molecule has 244 valence electrons. The van der Waals surface area contributed by atoms with Gasteiger partial charge in [0.2, 0.25) is 0 Å². The van der Waals surface area contributed by atoms with Crippen LogP contribution >= 0.6 is 0 Å². The van der Waals surface area contributed by atoms with Gasteiger partial charge in [0, 0.05) is 74.2 Å². The van der Waals surface area contributed by atoms with Crippen molar-refractivity contribution >= 4 is 98.9 Å². The van der Waals surface area contributed by atoms with Crippen LogP contribution in [0.3, 0.4) is 0 Å². The predicted molar refractivity (Wildman–Crippen MR) is 219 cm³/mol. The Balaban J connectivity index is 1.27.